The van der Waals surface area contributed by atoms with Crippen LogP contribution in [0.1, 0.15) is 200 Å². The van der Waals surface area contributed by atoms with Gasteiger partial charge in [-0.1, -0.05) is 157 Å². The van der Waals surface area contributed by atoms with Crippen LogP contribution in [0.2, 0.25) is 0 Å². The number of allylic oxidation sites excluding steroid dienone is 14. The number of hydrogen-bond donors (Lipinski definition) is 4. The molecule has 2 atom stereocenters. The van der Waals surface area contributed by atoms with Crippen LogP contribution in [-0.2, 0) is 23.9 Å². The molecule has 0 aliphatic rings. The predicted molar refractivity (Wildman–Crippen MR) is 259 cm³/mol. The van der Waals surface area contributed by atoms with Crippen molar-refractivity contribution in [1.29, 1.82) is 0 Å². The van der Waals surface area contributed by atoms with E-state index in [1.807, 2.05) is 0 Å². The Morgan fingerprint density at radius 3 is 1.42 bits per heavy atom. The van der Waals surface area contributed by atoms with Crippen molar-refractivity contribution >= 4 is 23.8 Å². The second-order valence-electron chi connectivity index (χ2n) is 16.2. The van der Waals surface area contributed by atoms with E-state index in [0.717, 1.165) is 128 Å². The molecule has 0 radical (unpaired) electrons. The number of aliphatic hydroxyl groups is 1. The highest BCUT2D eigenvalue weighted by molar-refractivity contribution is 5.87. The van der Waals surface area contributed by atoms with Gasteiger partial charge in [0.05, 0.1) is 13.2 Å². The maximum Gasteiger partial charge on any atom is 0.328 e. The second kappa shape index (κ2) is 46.5. The van der Waals surface area contributed by atoms with Crippen LogP contribution >= 0.6 is 0 Å². The van der Waals surface area contributed by atoms with Crippen molar-refractivity contribution < 1.29 is 34.1 Å². The fourth-order valence-electron chi connectivity index (χ4n) is 6.65. The average molecular weight is 865 g/mol. The van der Waals surface area contributed by atoms with Gasteiger partial charge in [-0.2, -0.15) is 0 Å². The zero-order valence-corrected chi connectivity index (χ0v) is 39.1. The van der Waals surface area contributed by atoms with Gasteiger partial charge in [-0.15, -0.1) is 0 Å². The summed E-state index contributed by atoms with van der Waals surface area (Å²) < 4.78 is 6.03. The molecule has 0 spiro atoms. The maximum absolute atomic E-state index is 12.9. The second-order valence-corrected chi connectivity index (χ2v) is 16.2. The van der Waals surface area contributed by atoms with Gasteiger partial charge in [0.2, 0.25) is 11.8 Å². The Hall–Kier alpha value is -3.98. The standard InChI is InChI=1S/C53H88N2O7/c1-3-5-7-9-11-13-15-17-19-20-21-22-24-26-28-30-32-37-41-45-52(59)62-48(42-38-34-31-29-27-25-23-18-16-14-12-10-8-6-4-2)43-39-35-33-36-40-44-50(57)54-46-51(58)55-49(47-56)53(60)61/h5,7,11,13,16-19,21-22,25-28,48-49,56H,3-4,6,8-10,12,14-15,20,23-24,29-47H2,1-2H3,(H,54,57)(H,55,58)(H,60,61)/b7-5-,13-11-,18-16-,19-17-,22-21-,27-25-,28-26-. The van der Waals surface area contributed by atoms with Crippen LogP contribution in [0.25, 0.3) is 0 Å². The summed E-state index contributed by atoms with van der Waals surface area (Å²) in [5.41, 5.74) is 0. The molecule has 0 heterocycles. The molecule has 0 fully saturated rings. The van der Waals surface area contributed by atoms with Crippen LogP contribution in [0, 0.1) is 0 Å². The van der Waals surface area contributed by atoms with Crippen molar-refractivity contribution in [2.24, 2.45) is 0 Å². The fraction of sp³-hybridized carbons (Fsp3) is 0.660. The molecule has 2 unspecified atom stereocenters. The molecule has 9 nitrogen and oxygen atoms in total. The van der Waals surface area contributed by atoms with E-state index in [2.05, 4.69) is 110 Å². The van der Waals surface area contributed by atoms with E-state index < -0.39 is 24.5 Å². The molecule has 0 saturated heterocycles. The van der Waals surface area contributed by atoms with E-state index in [1.165, 1.54) is 38.5 Å². The van der Waals surface area contributed by atoms with Gasteiger partial charge in [-0.3, -0.25) is 14.4 Å². The Labute approximate surface area is 377 Å². The summed E-state index contributed by atoms with van der Waals surface area (Å²) in [4.78, 5) is 47.8. The first-order valence-electron chi connectivity index (χ1n) is 24.5. The summed E-state index contributed by atoms with van der Waals surface area (Å²) >= 11 is 0. The number of unbranched alkanes of at least 4 members (excludes halogenated alkanes) is 15. The minimum Gasteiger partial charge on any atom is -0.480 e. The number of ether oxygens (including phenoxy) is 1. The monoisotopic (exact) mass is 865 g/mol. The van der Waals surface area contributed by atoms with Crippen LogP contribution in [0.4, 0.5) is 0 Å². The zero-order valence-electron chi connectivity index (χ0n) is 39.1. The van der Waals surface area contributed by atoms with Crippen molar-refractivity contribution in [3.8, 4) is 0 Å². The molecule has 352 valence electrons. The van der Waals surface area contributed by atoms with Gasteiger partial charge in [0.25, 0.3) is 0 Å². The SMILES string of the molecule is CC/C=C\C/C=C\C/C=C\C/C=C\C/C=C\CCCCCC(=O)OC(CCCCC/C=C\C/C=C\CCCCCCC)CCCCCCCC(=O)NCC(=O)NC(CO)C(=O)O. The Morgan fingerprint density at radius 1 is 0.500 bits per heavy atom. The summed E-state index contributed by atoms with van der Waals surface area (Å²) in [6.07, 6.45) is 60.3. The fourth-order valence-corrected chi connectivity index (χ4v) is 6.65. The van der Waals surface area contributed by atoms with Crippen LogP contribution in [0.5, 0.6) is 0 Å². The van der Waals surface area contributed by atoms with Gasteiger partial charge in [0, 0.05) is 12.8 Å². The number of carbonyl (C=O) groups excluding carboxylic acids is 3. The van der Waals surface area contributed by atoms with Crippen LogP contribution in [0.3, 0.4) is 0 Å². The smallest absolute Gasteiger partial charge is 0.328 e. The first kappa shape index (κ1) is 58.0. The number of amides is 2. The summed E-state index contributed by atoms with van der Waals surface area (Å²) in [6.45, 7) is 3.35. The third-order valence-electron chi connectivity index (χ3n) is 10.4. The van der Waals surface area contributed by atoms with Gasteiger partial charge < -0.3 is 25.6 Å². The van der Waals surface area contributed by atoms with E-state index in [0.29, 0.717) is 12.8 Å². The first-order chi connectivity index (χ1) is 30.3. The highest BCUT2D eigenvalue weighted by atomic mass is 16.5. The van der Waals surface area contributed by atoms with Crippen LogP contribution in [-0.4, -0.2) is 59.3 Å². The number of carboxylic acids is 1. The summed E-state index contributed by atoms with van der Waals surface area (Å²) in [7, 11) is 0. The van der Waals surface area contributed by atoms with Gasteiger partial charge in [0.1, 0.15) is 12.1 Å². The highest BCUT2D eigenvalue weighted by Crippen LogP contribution is 2.18. The molecule has 0 aromatic carbocycles. The Kier molecular flexibility index (Phi) is 43.5. The lowest BCUT2D eigenvalue weighted by Gasteiger charge is -2.18. The largest absolute Gasteiger partial charge is 0.480 e. The minimum absolute atomic E-state index is 0.0602. The molecule has 0 saturated carbocycles. The molecule has 4 N–H and O–H groups in total. The third-order valence-corrected chi connectivity index (χ3v) is 10.4. The third kappa shape index (κ3) is 42.7. The van der Waals surface area contributed by atoms with Crippen molar-refractivity contribution in [1.82, 2.24) is 10.6 Å². The molecule has 0 bridgehead atoms. The number of esters is 1. The van der Waals surface area contributed by atoms with E-state index >= 15 is 0 Å². The van der Waals surface area contributed by atoms with E-state index in [-0.39, 0.29) is 30.9 Å². The number of aliphatic hydroxyl groups excluding tert-OH is 1. The Bertz CT molecular complexity index is 1310. The number of carboxylic acid groups (broad SMARTS) is 1. The van der Waals surface area contributed by atoms with E-state index in [4.69, 9.17) is 14.9 Å². The summed E-state index contributed by atoms with van der Waals surface area (Å²) in [6, 6.07) is -1.39. The minimum atomic E-state index is -1.39. The van der Waals surface area contributed by atoms with Gasteiger partial charge >= 0.3 is 11.9 Å². The molecule has 0 aliphatic heterocycles. The number of hydrogen-bond acceptors (Lipinski definition) is 6. The quantitative estimate of drug-likeness (QED) is 0.0272. The molecule has 9 heteroatoms. The molecule has 0 aliphatic carbocycles. The molecule has 62 heavy (non-hydrogen) atoms. The lowest BCUT2D eigenvalue weighted by atomic mass is 10.0. The number of carbonyl (C=O) groups is 4. The van der Waals surface area contributed by atoms with Crippen LogP contribution < -0.4 is 10.6 Å². The Balaban J connectivity index is 4.46. The average Bonchev–Trinajstić information content (AvgIpc) is 3.26. The van der Waals surface area contributed by atoms with Crippen molar-refractivity contribution in [3.05, 3.63) is 85.1 Å². The first-order valence-corrected chi connectivity index (χ1v) is 24.5. The molecule has 0 aromatic rings. The highest BCUT2D eigenvalue weighted by Gasteiger charge is 2.19. The maximum atomic E-state index is 12.9. The molecular weight excluding hydrogens is 777 g/mol. The van der Waals surface area contributed by atoms with Gasteiger partial charge in [0.15, 0.2) is 0 Å². The molecular formula is C53H88N2O7. The van der Waals surface area contributed by atoms with Crippen LogP contribution in [0.15, 0.2) is 85.1 Å². The number of rotatable bonds is 43. The van der Waals surface area contributed by atoms with E-state index in [1.54, 1.807) is 0 Å². The van der Waals surface area contributed by atoms with Crippen molar-refractivity contribution in [3.63, 3.8) is 0 Å². The van der Waals surface area contributed by atoms with E-state index in [9.17, 15) is 19.2 Å². The summed E-state index contributed by atoms with van der Waals surface area (Å²) in [5, 5.41) is 22.6. The number of aliphatic carboxylic acids is 1. The zero-order chi connectivity index (χ0) is 45.4. The topological polar surface area (TPSA) is 142 Å². The number of nitrogens with one attached hydrogen (secondary N) is 2. The predicted octanol–water partition coefficient (Wildman–Crippen LogP) is 12.8. The molecule has 0 aromatic heterocycles. The van der Waals surface area contributed by atoms with Gasteiger partial charge in [-0.25, -0.2) is 4.79 Å². The lowest BCUT2D eigenvalue weighted by Crippen LogP contribution is -2.47. The van der Waals surface area contributed by atoms with Crippen molar-refractivity contribution in [2.75, 3.05) is 13.2 Å². The molecule has 2 amide bonds. The molecule has 0 rings (SSSR count). The lowest BCUT2D eigenvalue weighted by molar-refractivity contribution is -0.150. The van der Waals surface area contributed by atoms with Gasteiger partial charge in [-0.05, 0) is 116 Å². The normalized spacial score (nSPS) is 13.2. The van der Waals surface area contributed by atoms with Crippen molar-refractivity contribution in [2.45, 2.75) is 212 Å². The Morgan fingerprint density at radius 2 is 0.919 bits per heavy atom. The summed E-state index contributed by atoms with van der Waals surface area (Å²) in [5.74, 6) is -2.35.